The number of guanidine groups is 1. The quantitative estimate of drug-likeness (QED) is 0.479. The Kier molecular flexibility index (Phi) is 9.16. The third-order valence-electron chi connectivity index (χ3n) is 6.26. The summed E-state index contributed by atoms with van der Waals surface area (Å²) in [6.07, 6.45) is 2.58. The van der Waals surface area contributed by atoms with E-state index in [-0.39, 0.29) is 6.10 Å². The maximum Gasteiger partial charge on any atom is 0.208 e. The van der Waals surface area contributed by atoms with Crippen LogP contribution in [-0.2, 0) is 11.3 Å². The summed E-state index contributed by atoms with van der Waals surface area (Å²) in [7, 11) is 1.84. The number of hydrogen-bond donors (Lipinski definition) is 2. The molecule has 2 N–H and O–H groups in total. The van der Waals surface area contributed by atoms with Gasteiger partial charge >= 0.3 is 0 Å². The summed E-state index contributed by atoms with van der Waals surface area (Å²) in [5.41, 5.74) is 0.999. The molecule has 8 heteroatoms. The fourth-order valence-corrected chi connectivity index (χ4v) is 4.41. The molecule has 3 rings (SSSR count). The Morgan fingerprint density at radius 2 is 1.87 bits per heavy atom. The van der Waals surface area contributed by atoms with Crippen LogP contribution < -0.4 is 10.6 Å². The molecular formula is C23H42N6O2. The molecule has 8 nitrogen and oxygen atoms in total. The van der Waals surface area contributed by atoms with E-state index in [9.17, 15) is 0 Å². The first-order valence-electron chi connectivity index (χ1n) is 11.9. The summed E-state index contributed by atoms with van der Waals surface area (Å²) in [6, 6.07) is 0. The second kappa shape index (κ2) is 11.8. The highest BCUT2D eigenvalue weighted by atomic mass is 16.5. The van der Waals surface area contributed by atoms with Gasteiger partial charge in [-0.15, -0.1) is 0 Å². The van der Waals surface area contributed by atoms with Crippen molar-refractivity contribution in [3.05, 3.63) is 17.3 Å². The van der Waals surface area contributed by atoms with Crippen molar-refractivity contribution >= 4 is 5.96 Å². The first kappa shape index (κ1) is 24.0. The lowest BCUT2D eigenvalue weighted by atomic mass is 9.97. The lowest BCUT2D eigenvalue weighted by Crippen LogP contribution is -2.50. The molecule has 2 fully saturated rings. The number of oxazole rings is 1. The van der Waals surface area contributed by atoms with E-state index in [1.165, 1.54) is 12.8 Å². The highest BCUT2D eigenvalue weighted by Crippen LogP contribution is 2.19. The number of likely N-dealkylation sites (tertiary alicyclic amines) is 1. The predicted octanol–water partition coefficient (Wildman–Crippen LogP) is 2.03. The number of ether oxygens (including phenoxy) is 1. The summed E-state index contributed by atoms with van der Waals surface area (Å²) in [6.45, 7) is 17.2. The molecule has 2 saturated heterocycles. The fourth-order valence-electron chi connectivity index (χ4n) is 4.41. The second-order valence-electron chi connectivity index (χ2n) is 9.45. The molecule has 1 atom stereocenters. The molecule has 1 unspecified atom stereocenters. The van der Waals surface area contributed by atoms with Crippen LogP contribution in [-0.4, -0.2) is 86.3 Å². The first-order chi connectivity index (χ1) is 14.9. The molecule has 1 aromatic rings. The Morgan fingerprint density at radius 3 is 2.52 bits per heavy atom. The van der Waals surface area contributed by atoms with Crippen molar-refractivity contribution in [2.75, 3.05) is 59.5 Å². The molecule has 3 heterocycles. The van der Waals surface area contributed by atoms with Gasteiger partial charge in [0.1, 0.15) is 5.76 Å². The molecule has 0 aromatic carbocycles. The monoisotopic (exact) mass is 434 g/mol. The van der Waals surface area contributed by atoms with Crippen LogP contribution in [0.15, 0.2) is 9.41 Å². The molecule has 2 aliphatic rings. The topological polar surface area (TPSA) is 78.2 Å². The Morgan fingerprint density at radius 1 is 1.13 bits per heavy atom. The molecule has 176 valence electrons. The standard InChI is InChI=1S/C23H42N6O2/c1-17(2)14-29-10-11-30-21(15-29)13-26-23(24-5)25-12-20-6-8-28(9-7-20)16-22-27-18(3)19(4)31-22/h17,20-21H,6-16H2,1-5H3,(H2,24,25,26). The molecule has 0 amide bonds. The second-order valence-corrected chi connectivity index (χ2v) is 9.45. The Labute approximate surface area is 187 Å². The van der Waals surface area contributed by atoms with Crippen LogP contribution in [0.3, 0.4) is 0 Å². The van der Waals surface area contributed by atoms with Gasteiger partial charge in [-0.3, -0.25) is 14.8 Å². The summed E-state index contributed by atoms with van der Waals surface area (Å²) >= 11 is 0. The number of nitrogens with one attached hydrogen (secondary N) is 2. The highest BCUT2D eigenvalue weighted by Gasteiger charge is 2.23. The van der Waals surface area contributed by atoms with E-state index in [1.807, 2.05) is 20.9 Å². The maximum absolute atomic E-state index is 5.94. The molecule has 1 aromatic heterocycles. The fraction of sp³-hybridized carbons (Fsp3) is 0.826. The van der Waals surface area contributed by atoms with Crippen LogP contribution in [0.5, 0.6) is 0 Å². The number of rotatable bonds is 8. The Bertz CT molecular complexity index is 677. The van der Waals surface area contributed by atoms with Crippen molar-refractivity contribution in [3.63, 3.8) is 0 Å². The first-order valence-corrected chi connectivity index (χ1v) is 11.9. The van der Waals surface area contributed by atoms with Gasteiger partial charge in [0.15, 0.2) is 5.96 Å². The number of aryl methyl sites for hydroxylation is 2. The van der Waals surface area contributed by atoms with Crippen molar-refractivity contribution < 1.29 is 9.15 Å². The van der Waals surface area contributed by atoms with Crippen LogP contribution in [0.1, 0.15) is 44.0 Å². The number of nitrogens with zero attached hydrogens (tertiary/aromatic N) is 4. The van der Waals surface area contributed by atoms with E-state index in [0.29, 0.717) is 11.8 Å². The van der Waals surface area contributed by atoms with Crippen molar-refractivity contribution in [1.29, 1.82) is 0 Å². The van der Waals surface area contributed by atoms with Crippen LogP contribution >= 0.6 is 0 Å². The summed E-state index contributed by atoms with van der Waals surface area (Å²) in [5.74, 6) is 4.00. The van der Waals surface area contributed by atoms with Gasteiger partial charge in [-0.1, -0.05) is 13.8 Å². The van der Waals surface area contributed by atoms with Crippen LogP contribution in [0.25, 0.3) is 0 Å². The summed E-state index contributed by atoms with van der Waals surface area (Å²) in [5, 5.41) is 6.98. The van der Waals surface area contributed by atoms with Crippen molar-refractivity contribution in [3.8, 4) is 0 Å². The molecule has 31 heavy (non-hydrogen) atoms. The molecule has 0 aliphatic carbocycles. The van der Waals surface area contributed by atoms with Gasteiger partial charge in [-0.05, 0) is 51.6 Å². The zero-order chi connectivity index (χ0) is 22.2. The minimum Gasteiger partial charge on any atom is -0.444 e. The van der Waals surface area contributed by atoms with E-state index in [0.717, 1.165) is 82.3 Å². The lowest BCUT2D eigenvalue weighted by Gasteiger charge is -2.34. The highest BCUT2D eigenvalue weighted by molar-refractivity contribution is 5.79. The molecule has 0 radical (unpaired) electrons. The zero-order valence-electron chi connectivity index (χ0n) is 20.1. The van der Waals surface area contributed by atoms with Crippen molar-refractivity contribution in [2.45, 2.75) is 53.2 Å². The van der Waals surface area contributed by atoms with Gasteiger partial charge in [-0.25, -0.2) is 4.98 Å². The summed E-state index contributed by atoms with van der Waals surface area (Å²) < 4.78 is 11.7. The average Bonchev–Trinajstić information content (AvgIpc) is 3.06. The predicted molar refractivity (Wildman–Crippen MR) is 124 cm³/mol. The zero-order valence-corrected chi connectivity index (χ0v) is 20.1. The van der Waals surface area contributed by atoms with Crippen LogP contribution in [0, 0.1) is 25.7 Å². The molecule has 0 saturated carbocycles. The maximum atomic E-state index is 5.94. The van der Waals surface area contributed by atoms with Crippen LogP contribution in [0.4, 0.5) is 0 Å². The SMILES string of the molecule is CN=C(NCC1CCN(Cc2nc(C)c(C)o2)CC1)NCC1CN(CC(C)C)CCO1. The molecule has 0 spiro atoms. The van der Waals surface area contributed by atoms with Gasteiger partial charge < -0.3 is 19.8 Å². The number of aromatic nitrogens is 1. The minimum absolute atomic E-state index is 0.219. The van der Waals surface area contributed by atoms with E-state index in [4.69, 9.17) is 9.15 Å². The van der Waals surface area contributed by atoms with E-state index in [2.05, 4.69) is 44.3 Å². The summed E-state index contributed by atoms with van der Waals surface area (Å²) in [4.78, 5) is 13.9. The van der Waals surface area contributed by atoms with Gasteiger partial charge in [-0.2, -0.15) is 0 Å². The van der Waals surface area contributed by atoms with E-state index in [1.54, 1.807) is 0 Å². The number of aliphatic imine (C=N–C) groups is 1. The molecular weight excluding hydrogens is 392 g/mol. The average molecular weight is 435 g/mol. The molecule has 0 bridgehead atoms. The van der Waals surface area contributed by atoms with Crippen molar-refractivity contribution in [2.24, 2.45) is 16.8 Å². The number of hydrogen-bond acceptors (Lipinski definition) is 6. The number of piperidine rings is 1. The minimum atomic E-state index is 0.219. The van der Waals surface area contributed by atoms with Gasteiger partial charge in [0.25, 0.3) is 0 Å². The largest absolute Gasteiger partial charge is 0.444 e. The Balaban J connectivity index is 1.33. The van der Waals surface area contributed by atoms with Gasteiger partial charge in [0.05, 0.1) is 24.9 Å². The lowest BCUT2D eigenvalue weighted by molar-refractivity contribution is -0.0284. The third-order valence-corrected chi connectivity index (χ3v) is 6.26. The van der Waals surface area contributed by atoms with E-state index < -0.39 is 0 Å². The smallest absolute Gasteiger partial charge is 0.208 e. The normalized spacial score (nSPS) is 22.3. The third kappa shape index (κ3) is 7.77. The van der Waals surface area contributed by atoms with E-state index >= 15 is 0 Å². The van der Waals surface area contributed by atoms with Crippen LogP contribution in [0.2, 0.25) is 0 Å². The Hall–Kier alpha value is -1.64. The van der Waals surface area contributed by atoms with Gasteiger partial charge in [0, 0.05) is 39.8 Å². The van der Waals surface area contributed by atoms with Gasteiger partial charge in [0.2, 0.25) is 5.89 Å². The molecule has 2 aliphatic heterocycles. The number of morpholine rings is 1. The van der Waals surface area contributed by atoms with Crippen molar-refractivity contribution in [1.82, 2.24) is 25.4 Å².